The second-order valence-corrected chi connectivity index (χ2v) is 5.37. The summed E-state index contributed by atoms with van der Waals surface area (Å²) in [5, 5.41) is 0. The number of hydrazine groups is 1. The monoisotopic (exact) mass is 326 g/mol. The van der Waals surface area contributed by atoms with E-state index in [1.807, 2.05) is 30.3 Å². The summed E-state index contributed by atoms with van der Waals surface area (Å²) in [6.45, 7) is 0. The van der Waals surface area contributed by atoms with Gasteiger partial charge in [-0.25, -0.2) is 0 Å². The first-order valence-electron chi connectivity index (χ1n) is 6.36. The molecule has 7 heteroatoms. The normalized spacial score (nSPS) is 11.0. The third-order valence-electron chi connectivity index (χ3n) is 2.68. The van der Waals surface area contributed by atoms with E-state index in [2.05, 4.69) is 10.9 Å². The number of benzene rings is 2. The molecule has 0 saturated heterocycles. The van der Waals surface area contributed by atoms with Crippen molar-refractivity contribution in [3.05, 3.63) is 60.2 Å². The van der Waals surface area contributed by atoms with Crippen LogP contribution in [0.15, 0.2) is 59.5 Å². The summed E-state index contributed by atoms with van der Waals surface area (Å²) in [6, 6.07) is 14.2. The summed E-state index contributed by atoms with van der Waals surface area (Å²) >= 11 is 1.30. The fourth-order valence-corrected chi connectivity index (χ4v) is 2.40. The van der Waals surface area contributed by atoms with Gasteiger partial charge in [-0.15, -0.1) is 11.8 Å². The molecular formula is C15H13F3N2OS. The van der Waals surface area contributed by atoms with Crippen LogP contribution in [-0.2, 0) is 11.0 Å². The Bertz CT molecular complexity index is 632. The average molecular weight is 326 g/mol. The molecule has 1 amide bonds. The van der Waals surface area contributed by atoms with Gasteiger partial charge in [-0.05, 0) is 24.3 Å². The lowest BCUT2D eigenvalue weighted by molar-refractivity contribution is -0.137. The van der Waals surface area contributed by atoms with E-state index in [9.17, 15) is 18.0 Å². The first-order chi connectivity index (χ1) is 10.5. The van der Waals surface area contributed by atoms with Gasteiger partial charge in [0.1, 0.15) is 0 Å². The predicted molar refractivity (Wildman–Crippen MR) is 80.4 cm³/mol. The first kappa shape index (κ1) is 16.2. The number of para-hydroxylation sites is 1. The van der Waals surface area contributed by atoms with Crippen LogP contribution in [0.1, 0.15) is 5.56 Å². The highest BCUT2D eigenvalue weighted by molar-refractivity contribution is 8.00. The van der Waals surface area contributed by atoms with Crippen molar-refractivity contribution < 1.29 is 18.0 Å². The number of hydrogen-bond donors (Lipinski definition) is 2. The van der Waals surface area contributed by atoms with E-state index in [0.29, 0.717) is 0 Å². The van der Waals surface area contributed by atoms with Gasteiger partial charge in [0.05, 0.1) is 17.0 Å². The Kier molecular flexibility index (Phi) is 5.32. The second-order valence-electron chi connectivity index (χ2n) is 4.32. The van der Waals surface area contributed by atoms with E-state index in [-0.39, 0.29) is 11.4 Å². The topological polar surface area (TPSA) is 41.1 Å². The molecule has 0 bridgehead atoms. The first-order valence-corrected chi connectivity index (χ1v) is 7.34. The summed E-state index contributed by atoms with van der Waals surface area (Å²) in [5.41, 5.74) is 3.58. The van der Waals surface area contributed by atoms with Crippen molar-refractivity contribution in [2.75, 3.05) is 11.2 Å². The fourth-order valence-electron chi connectivity index (χ4n) is 1.68. The molecule has 0 heterocycles. The molecule has 0 aliphatic heterocycles. The molecule has 22 heavy (non-hydrogen) atoms. The number of alkyl halides is 3. The largest absolute Gasteiger partial charge is 0.418 e. The Morgan fingerprint density at radius 3 is 2.32 bits per heavy atom. The van der Waals surface area contributed by atoms with Crippen LogP contribution < -0.4 is 10.9 Å². The molecule has 0 aromatic heterocycles. The lowest BCUT2D eigenvalue weighted by atomic mass is 10.2. The van der Waals surface area contributed by atoms with E-state index in [0.717, 1.165) is 11.0 Å². The van der Waals surface area contributed by atoms with Gasteiger partial charge in [-0.1, -0.05) is 30.3 Å². The Hall–Kier alpha value is -2.15. The van der Waals surface area contributed by atoms with Gasteiger partial charge in [-0.3, -0.25) is 15.6 Å². The zero-order chi connectivity index (χ0) is 16.0. The molecule has 116 valence electrons. The number of carbonyl (C=O) groups is 1. The minimum Gasteiger partial charge on any atom is -0.298 e. The minimum absolute atomic E-state index is 0.102. The Morgan fingerprint density at radius 2 is 1.64 bits per heavy atom. The van der Waals surface area contributed by atoms with Crippen LogP contribution in [0, 0.1) is 0 Å². The molecule has 2 rings (SSSR count). The van der Waals surface area contributed by atoms with Crippen molar-refractivity contribution in [3.8, 4) is 0 Å². The Morgan fingerprint density at radius 1 is 1.00 bits per heavy atom. The number of hydrogen-bond acceptors (Lipinski definition) is 3. The molecule has 0 unspecified atom stereocenters. The smallest absolute Gasteiger partial charge is 0.298 e. The van der Waals surface area contributed by atoms with Crippen LogP contribution in [0.2, 0.25) is 0 Å². The van der Waals surface area contributed by atoms with Crippen molar-refractivity contribution in [1.29, 1.82) is 0 Å². The molecular weight excluding hydrogens is 313 g/mol. The molecule has 2 N–H and O–H groups in total. The Balaban J connectivity index is 1.89. The van der Waals surface area contributed by atoms with E-state index < -0.39 is 17.6 Å². The number of thioether (sulfide) groups is 1. The molecule has 0 radical (unpaired) electrons. The molecule has 0 aliphatic rings. The molecule has 0 aliphatic carbocycles. The van der Waals surface area contributed by atoms with Crippen LogP contribution in [0.5, 0.6) is 0 Å². The van der Waals surface area contributed by atoms with E-state index in [1.54, 1.807) is 0 Å². The number of amides is 1. The van der Waals surface area contributed by atoms with Gasteiger partial charge in [0, 0.05) is 4.90 Å². The lowest BCUT2D eigenvalue weighted by Gasteiger charge is -2.14. The number of anilines is 1. The zero-order valence-electron chi connectivity index (χ0n) is 11.4. The summed E-state index contributed by atoms with van der Waals surface area (Å²) in [5.74, 6) is -0.309. The Labute approximate surface area is 129 Å². The number of carbonyl (C=O) groups excluding carboxylic acids is 1. The summed E-state index contributed by atoms with van der Waals surface area (Å²) in [6.07, 6.45) is -4.48. The summed E-state index contributed by atoms with van der Waals surface area (Å²) < 4.78 is 38.4. The van der Waals surface area contributed by atoms with Crippen molar-refractivity contribution >= 4 is 23.4 Å². The SMILES string of the molecule is O=C(CSc1ccccc1)NNc1ccccc1C(F)(F)F. The second kappa shape index (κ2) is 7.22. The maximum absolute atomic E-state index is 12.8. The minimum atomic E-state index is -4.48. The zero-order valence-corrected chi connectivity index (χ0v) is 12.2. The van der Waals surface area contributed by atoms with Gasteiger partial charge >= 0.3 is 6.18 Å². The van der Waals surface area contributed by atoms with E-state index >= 15 is 0 Å². The molecule has 2 aromatic carbocycles. The number of rotatable bonds is 5. The van der Waals surface area contributed by atoms with E-state index in [1.165, 1.54) is 30.0 Å². The third-order valence-corrected chi connectivity index (χ3v) is 3.69. The van der Waals surface area contributed by atoms with E-state index in [4.69, 9.17) is 0 Å². The van der Waals surface area contributed by atoms with Gasteiger partial charge in [0.25, 0.3) is 0 Å². The van der Waals surface area contributed by atoms with Crippen LogP contribution in [0.4, 0.5) is 18.9 Å². The van der Waals surface area contributed by atoms with Gasteiger partial charge in [0.2, 0.25) is 5.91 Å². The highest BCUT2D eigenvalue weighted by Gasteiger charge is 2.33. The molecule has 0 spiro atoms. The highest BCUT2D eigenvalue weighted by atomic mass is 32.2. The van der Waals surface area contributed by atoms with Crippen molar-refractivity contribution in [1.82, 2.24) is 5.43 Å². The summed E-state index contributed by atoms with van der Waals surface area (Å²) in [7, 11) is 0. The third kappa shape index (κ3) is 4.70. The van der Waals surface area contributed by atoms with Crippen LogP contribution in [0.25, 0.3) is 0 Å². The lowest BCUT2D eigenvalue weighted by Crippen LogP contribution is -2.31. The molecule has 0 fully saturated rings. The standard InChI is InChI=1S/C15H13F3N2OS/c16-15(17,18)12-8-4-5-9-13(12)19-20-14(21)10-22-11-6-2-1-3-7-11/h1-9,19H,10H2,(H,20,21). The number of nitrogens with one attached hydrogen (secondary N) is 2. The molecule has 0 saturated carbocycles. The van der Waals surface area contributed by atoms with Gasteiger partial charge < -0.3 is 0 Å². The van der Waals surface area contributed by atoms with Crippen molar-refractivity contribution in [2.45, 2.75) is 11.1 Å². The molecule has 0 atom stereocenters. The van der Waals surface area contributed by atoms with Crippen LogP contribution >= 0.6 is 11.8 Å². The van der Waals surface area contributed by atoms with Crippen LogP contribution in [-0.4, -0.2) is 11.7 Å². The van der Waals surface area contributed by atoms with Gasteiger partial charge in [0.15, 0.2) is 0 Å². The van der Waals surface area contributed by atoms with Crippen LogP contribution in [0.3, 0.4) is 0 Å². The number of halogens is 3. The maximum Gasteiger partial charge on any atom is 0.418 e. The quantitative estimate of drug-likeness (QED) is 0.646. The summed E-state index contributed by atoms with van der Waals surface area (Å²) in [4.78, 5) is 12.6. The molecule has 3 nitrogen and oxygen atoms in total. The van der Waals surface area contributed by atoms with Gasteiger partial charge in [-0.2, -0.15) is 13.2 Å². The molecule has 2 aromatic rings. The van der Waals surface area contributed by atoms with Crippen molar-refractivity contribution in [3.63, 3.8) is 0 Å². The highest BCUT2D eigenvalue weighted by Crippen LogP contribution is 2.34. The predicted octanol–water partition coefficient (Wildman–Crippen LogP) is 3.94. The van der Waals surface area contributed by atoms with Crippen molar-refractivity contribution in [2.24, 2.45) is 0 Å². The average Bonchev–Trinajstić information content (AvgIpc) is 2.51. The fraction of sp³-hybridized carbons (Fsp3) is 0.133. The maximum atomic E-state index is 12.8.